The molecule has 0 heterocycles. The van der Waals surface area contributed by atoms with Gasteiger partial charge in [0.1, 0.15) is 0 Å². The highest BCUT2D eigenvalue weighted by molar-refractivity contribution is 9.09. The summed E-state index contributed by atoms with van der Waals surface area (Å²) in [5, 5.41) is 0.898. The van der Waals surface area contributed by atoms with Crippen LogP contribution in [-0.4, -0.2) is 29.2 Å². The van der Waals surface area contributed by atoms with Crippen LogP contribution in [0.5, 0.6) is 0 Å². The molecule has 0 saturated heterocycles. The summed E-state index contributed by atoms with van der Waals surface area (Å²) in [5.74, 6) is 0.745. The van der Waals surface area contributed by atoms with Crippen molar-refractivity contribution < 1.29 is 4.79 Å². The standard InChI is InChI=1S/C11H20BrNO/c1-2-3-8-13(9-7-12)11(14)10-5-4-6-10/h10H,2-9H2,1H3. The van der Waals surface area contributed by atoms with Crippen LogP contribution in [-0.2, 0) is 4.79 Å². The summed E-state index contributed by atoms with van der Waals surface area (Å²) in [6, 6.07) is 0. The molecular formula is C11H20BrNO. The third-order valence-electron chi connectivity index (χ3n) is 2.90. The Labute approximate surface area is 95.2 Å². The normalized spacial score (nSPS) is 16.4. The van der Waals surface area contributed by atoms with Crippen molar-refractivity contribution in [2.45, 2.75) is 39.0 Å². The minimum absolute atomic E-state index is 0.353. The second kappa shape index (κ2) is 6.44. The minimum atomic E-state index is 0.353. The topological polar surface area (TPSA) is 20.3 Å². The number of rotatable bonds is 6. The van der Waals surface area contributed by atoms with Gasteiger partial charge in [0, 0.05) is 24.3 Å². The van der Waals surface area contributed by atoms with Crippen molar-refractivity contribution in [3.05, 3.63) is 0 Å². The molecule has 0 radical (unpaired) electrons. The minimum Gasteiger partial charge on any atom is -0.342 e. The van der Waals surface area contributed by atoms with Crippen molar-refractivity contribution in [2.24, 2.45) is 5.92 Å². The maximum atomic E-state index is 11.9. The third kappa shape index (κ3) is 3.26. The summed E-state index contributed by atoms with van der Waals surface area (Å²) in [4.78, 5) is 14.0. The van der Waals surface area contributed by atoms with Gasteiger partial charge in [-0.3, -0.25) is 4.79 Å². The molecule has 0 aromatic rings. The van der Waals surface area contributed by atoms with E-state index in [2.05, 4.69) is 22.9 Å². The highest BCUT2D eigenvalue weighted by Gasteiger charge is 2.28. The van der Waals surface area contributed by atoms with Crippen LogP contribution < -0.4 is 0 Å². The zero-order valence-corrected chi connectivity index (χ0v) is 10.6. The van der Waals surface area contributed by atoms with Crippen molar-refractivity contribution in [2.75, 3.05) is 18.4 Å². The van der Waals surface area contributed by atoms with Crippen LogP contribution in [0.3, 0.4) is 0 Å². The van der Waals surface area contributed by atoms with Crippen LogP contribution in [0.4, 0.5) is 0 Å². The highest BCUT2D eigenvalue weighted by Crippen LogP contribution is 2.28. The first kappa shape index (κ1) is 12.0. The van der Waals surface area contributed by atoms with E-state index in [1.54, 1.807) is 0 Å². The Morgan fingerprint density at radius 1 is 1.43 bits per heavy atom. The van der Waals surface area contributed by atoms with E-state index in [9.17, 15) is 4.79 Å². The molecule has 0 aromatic carbocycles. The third-order valence-corrected chi connectivity index (χ3v) is 3.26. The molecular weight excluding hydrogens is 242 g/mol. The van der Waals surface area contributed by atoms with Crippen LogP contribution in [0.25, 0.3) is 0 Å². The number of carbonyl (C=O) groups excluding carboxylic acids is 1. The van der Waals surface area contributed by atoms with E-state index in [1.807, 2.05) is 4.90 Å². The van der Waals surface area contributed by atoms with E-state index in [0.717, 1.165) is 44.1 Å². The fraction of sp³-hybridized carbons (Fsp3) is 0.909. The zero-order chi connectivity index (χ0) is 10.4. The second-order valence-electron chi connectivity index (χ2n) is 4.00. The Bertz CT molecular complexity index is 180. The molecule has 1 rings (SSSR count). The number of hydrogen-bond donors (Lipinski definition) is 0. The molecule has 14 heavy (non-hydrogen) atoms. The molecule has 1 aliphatic carbocycles. The van der Waals surface area contributed by atoms with Crippen LogP contribution >= 0.6 is 15.9 Å². The molecule has 1 aliphatic rings. The Kier molecular flexibility index (Phi) is 5.53. The lowest BCUT2D eigenvalue weighted by Crippen LogP contribution is -2.40. The molecule has 3 heteroatoms. The molecule has 0 aliphatic heterocycles. The van der Waals surface area contributed by atoms with Crippen molar-refractivity contribution in [1.82, 2.24) is 4.90 Å². The van der Waals surface area contributed by atoms with Gasteiger partial charge in [-0.1, -0.05) is 35.7 Å². The average Bonchev–Trinajstić information content (AvgIpc) is 2.09. The summed E-state index contributed by atoms with van der Waals surface area (Å²) in [6.45, 7) is 3.98. The van der Waals surface area contributed by atoms with Crippen molar-refractivity contribution in [1.29, 1.82) is 0 Å². The maximum Gasteiger partial charge on any atom is 0.225 e. The Hall–Kier alpha value is -0.0500. The van der Waals surface area contributed by atoms with Gasteiger partial charge >= 0.3 is 0 Å². The molecule has 0 spiro atoms. The van der Waals surface area contributed by atoms with E-state index in [4.69, 9.17) is 0 Å². The molecule has 0 N–H and O–H groups in total. The first-order valence-electron chi connectivity index (χ1n) is 5.64. The fourth-order valence-corrected chi connectivity index (χ4v) is 2.12. The molecule has 1 amide bonds. The predicted molar refractivity (Wildman–Crippen MR) is 62.6 cm³/mol. The first-order chi connectivity index (χ1) is 6.79. The van der Waals surface area contributed by atoms with Gasteiger partial charge in [-0.15, -0.1) is 0 Å². The van der Waals surface area contributed by atoms with Crippen molar-refractivity contribution in [3.63, 3.8) is 0 Å². The van der Waals surface area contributed by atoms with Gasteiger partial charge in [0.15, 0.2) is 0 Å². The maximum absolute atomic E-state index is 11.9. The first-order valence-corrected chi connectivity index (χ1v) is 6.76. The molecule has 1 saturated carbocycles. The van der Waals surface area contributed by atoms with E-state index in [0.29, 0.717) is 11.8 Å². The molecule has 0 atom stereocenters. The van der Waals surface area contributed by atoms with E-state index in [1.165, 1.54) is 6.42 Å². The van der Waals surface area contributed by atoms with Gasteiger partial charge in [-0.2, -0.15) is 0 Å². The van der Waals surface area contributed by atoms with Crippen LogP contribution in [0.15, 0.2) is 0 Å². The number of hydrogen-bond acceptors (Lipinski definition) is 1. The quantitative estimate of drug-likeness (QED) is 0.674. The lowest BCUT2D eigenvalue weighted by molar-refractivity contribution is -0.137. The lowest BCUT2D eigenvalue weighted by atomic mass is 9.84. The fourth-order valence-electron chi connectivity index (χ4n) is 1.70. The molecule has 1 fully saturated rings. The lowest BCUT2D eigenvalue weighted by Gasteiger charge is -2.31. The Morgan fingerprint density at radius 3 is 2.57 bits per heavy atom. The number of nitrogens with zero attached hydrogens (tertiary/aromatic N) is 1. The van der Waals surface area contributed by atoms with Gasteiger partial charge in [0.2, 0.25) is 5.91 Å². The molecule has 82 valence electrons. The predicted octanol–water partition coefficient (Wildman–Crippen LogP) is 2.81. The van der Waals surface area contributed by atoms with E-state index < -0.39 is 0 Å². The van der Waals surface area contributed by atoms with Gasteiger partial charge in [-0.25, -0.2) is 0 Å². The van der Waals surface area contributed by atoms with Crippen LogP contribution in [0.1, 0.15) is 39.0 Å². The highest BCUT2D eigenvalue weighted by atomic mass is 79.9. The molecule has 0 unspecified atom stereocenters. The van der Waals surface area contributed by atoms with Crippen LogP contribution in [0, 0.1) is 5.92 Å². The molecule has 2 nitrogen and oxygen atoms in total. The average molecular weight is 262 g/mol. The van der Waals surface area contributed by atoms with Gasteiger partial charge in [0.05, 0.1) is 0 Å². The summed E-state index contributed by atoms with van der Waals surface area (Å²) >= 11 is 3.41. The number of amides is 1. The summed E-state index contributed by atoms with van der Waals surface area (Å²) in [5.41, 5.74) is 0. The Morgan fingerprint density at radius 2 is 2.14 bits per heavy atom. The van der Waals surface area contributed by atoms with Gasteiger partial charge in [0.25, 0.3) is 0 Å². The number of alkyl halides is 1. The molecule has 0 aromatic heterocycles. The van der Waals surface area contributed by atoms with Crippen molar-refractivity contribution >= 4 is 21.8 Å². The number of carbonyl (C=O) groups is 1. The smallest absolute Gasteiger partial charge is 0.225 e. The molecule has 0 bridgehead atoms. The summed E-state index contributed by atoms with van der Waals surface area (Å²) in [6.07, 6.45) is 5.77. The van der Waals surface area contributed by atoms with Gasteiger partial charge < -0.3 is 4.90 Å². The van der Waals surface area contributed by atoms with Gasteiger partial charge in [-0.05, 0) is 19.3 Å². The summed E-state index contributed by atoms with van der Waals surface area (Å²) < 4.78 is 0. The largest absolute Gasteiger partial charge is 0.342 e. The summed E-state index contributed by atoms with van der Waals surface area (Å²) in [7, 11) is 0. The Balaban J connectivity index is 2.34. The van der Waals surface area contributed by atoms with E-state index >= 15 is 0 Å². The number of unbranched alkanes of at least 4 members (excludes halogenated alkanes) is 1. The van der Waals surface area contributed by atoms with E-state index in [-0.39, 0.29) is 0 Å². The monoisotopic (exact) mass is 261 g/mol. The van der Waals surface area contributed by atoms with Crippen LogP contribution in [0.2, 0.25) is 0 Å². The van der Waals surface area contributed by atoms with Crippen molar-refractivity contribution in [3.8, 4) is 0 Å². The second-order valence-corrected chi connectivity index (χ2v) is 4.79. The zero-order valence-electron chi connectivity index (χ0n) is 8.97. The number of halogens is 1. The SMILES string of the molecule is CCCCN(CCBr)C(=O)C1CCC1.